The molecule has 0 radical (unpaired) electrons. The largest absolute Gasteiger partial charge is 0.273 e. The first-order valence-corrected chi connectivity index (χ1v) is 7.11. The second kappa shape index (κ2) is 4.37. The van der Waals surface area contributed by atoms with Crippen LogP contribution in [0.5, 0.6) is 0 Å². The van der Waals surface area contributed by atoms with Gasteiger partial charge in [-0.1, -0.05) is 39.6 Å². The summed E-state index contributed by atoms with van der Waals surface area (Å²) in [7, 11) is 0. The number of benzene rings is 2. The van der Waals surface area contributed by atoms with E-state index in [9.17, 15) is 4.79 Å². The van der Waals surface area contributed by atoms with Crippen molar-refractivity contribution in [2.75, 3.05) is 0 Å². The summed E-state index contributed by atoms with van der Waals surface area (Å²) < 4.78 is 3.81. The Bertz CT molecular complexity index is 788. The predicted molar refractivity (Wildman–Crippen MR) is 79.9 cm³/mol. The number of nitrogens with zero attached hydrogens (tertiary/aromatic N) is 1. The van der Waals surface area contributed by atoms with Gasteiger partial charge in [-0.05, 0) is 42.8 Å². The van der Waals surface area contributed by atoms with Crippen LogP contribution in [0.2, 0.25) is 0 Å². The molecule has 0 saturated heterocycles. The fourth-order valence-corrected chi connectivity index (χ4v) is 3.13. The number of hydrogen-bond acceptors (Lipinski definition) is 2. The summed E-state index contributed by atoms with van der Waals surface area (Å²) in [6.45, 7) is 2.02. The van der Waals surface area contributed by atoms with Crippen LogP contribution in [-0.2, 0) is 0 Å². The molecule has 2 nitrogen and oxygen atoms in total. The van der Waals surface area contributed by atoms with Crippen molar-refractivity contribution in [3.63, 3.8) is 0 Å². The molecule has 0 N–H and O–H groups in total. The lowest BCUT2D eigenvalue weighted by molar-refractivity contribution is 1.13. The van der Waals surface area contributed by atoms with Gasteiger partial charge in [-0.25, -0.2) is 3.96 Å². The number of fused-ring (bicyclic) bond motifs is 1. The van der Waals surface area contributed by atoms with E-state index in [1.807, 2.05) is 49.4 Å². The number of rotatable bonds is 1. The molecular formula is C14H10BrNOS. The number of hydrogen-bond donors (Lipinski definition) is 0. The van der Waals surface area contributed by atoms with Gasteiger partial charge in [0.2, 0.25) is 0 Å². The van der Waals surface area contributed by atoms with Gasteiger partial charge in [0, 0.05) is 4.47 Å². The van der Waals surface area contributed by atoms with Crippen LogP contribution in [0, 0.1) is 6.92 Å². The molecule has 3 rings (SSSR count). The first-order valence-electron chi connectivity index (χ1n) is 5.54. The van der Waals surface area contributed by atoms with Crippen molar-refractivity contribution in [3.05, 3.63) is 62.9 Å². The molecule has 2 aromatic carbocycles. The summed E-state index contributed by atoms with van der Waals surface area (Å²) in [5.41, 5.74) is 2.09. The zero-order chi connectivity index (χ0) is 12.7. The monoisotopic (exact) mass is 319 g/mol. The average molecular weight is 320 g/mol. The minimum atomic E-state index is 0.0531. The molecular weight excluding hydrogens is 310 g/mol. The first-order chi connectivity index (χ1) is 8.66. The van der Waals surface area contributed by atoms with Crippen LogP contribution >= 0.6 is 27.5 Å². The summed E-state index contributed by atoms with van der Waals surface area (Å²) in [6.07, 6.45) is 0. The number of halogens is 1. The van der Waals surface area contributed by atoms with E-state index in [0.717, 1.165) is 25.8 Å². The minimum Gasteiger partial charge on any atom is -0.267 e. The van der Waals surface area contributed by atoms with E-state index >= 15 is 0 Å². The van der Waals surface area contributed by atoms with Crippen molar-refractivity contribution in [3.8, 4) is 5.69 Å². The molecule has 3 aromatic rings. The van der Waals surface area contributed by atoms with Gasteiger partial charge in [0.25, 0.3) is 5.56 Å². The second-order valence-electron chi connectivity index (χ2n) is 4.12. The number of aryl methyl sites for hydroxylation is 1. The Kier molecular flexibility index (Phi) is 2.84. The van der Waals surface area contributed by atoms with Gasteiger partial charge in [-0.2, -0.15) is 0 Å². The SMILES string of the molecule is Cc1cc(-n2sc3ccccc3c2=O)ccc1Br. The van der Waals surface area contributed by atoms with Crippen molar-refractivity contribution < 1.29 is 0 Å². The zero-order valence-electron chi connectivity index (χ0n) is 9.68. The third kappa shape index (κ3) is 1.82. The van der Waals surface area contributed by atoms with E-state index in [4.69, 9.17) is 0 Å². The quantitative estimate of drug-likeness (QED) is 0.661. The predicted octanol–water partition coefficient (Wildman–Crippen LogP) is 4.12. The molecule has 4 heteroatoms. The molecule has 0 atom stereocenters. The third-order valence-electron chi connectivity index (χ3n) is 2.87. The molecule has 0 amide bonds. The van der Waals surface area contributed by atoms with E-state index < -0.39 is 0 Å². The van der Waals surface area contributed by atoms with Gasteiger partial charge in [0.15, 0.2) is 0 Å². The normalized spacial score (nSPS) is 11.0. The second-order valence-corrected chi connectivity index (χ2v) is 5.96. The lowest BCUT2D eigenvalue weighted by Crippen LogP contribution is -2.10. The highest BCUT2D eigenvalue weighted by Gasteiger charge is 2.09. The summed E-state index contributed by atoms with van der Waals surface area (Å²) in [6, 6.07) is 13.6. The van der Waals surface area contributed by atoms with Crippen LogP contribution in [0.25, 0.3) is 15.8 Å². The minimum absolute atomic E-state index is 0.0531. The van der Waals surface area contributed by atoms with Crippen molar-refractivity contribution in [2.45, 2.75) is 6.92 Å². The lowest BCUT2D eigenvalue weighted by Gasteiger charge is -2.03. The molecule has 90 valence electrons. The highest BCUT2D eigenvalue weighted by Crippen LogP contribution is 2.23. The molecule has 0 saturated carbocycles. The van der Waals surface area contributed by atoms with Crippen molar-refractivity contribution in [2.24, 2.45) is 0 Å². The summed E-state index contributed by atoms with van der Waals surface area (Å²) in [5.74, 6) is 0. The maximum Gasteiger partial charge on any atom is 0.273 e. The van der Waals surface area contributed by atoms with Crippen molar-refractivity contribution in [1.29, 1.82) is 0 Å². The third-order valence-corrected chi connectivity index (χ3v) is 4.87. The standard InChI is InChI=1S/C14H10BrNOS/c1-9-8-10(6-7-12(9)15)16-14(17)11-4-2-3-5-13(11)18-16/h2-8H,1H3. The van der Waals surface area contributed by atoms with Gasteiger partial charge in [0.1, 0.15) is 0 Å². The molecule has 0 bridgehead atoms. The van der Waals surface area contributed by atoms with Crippen LogP contribution in [0.3, 0.4) is 0 Å². The van der Waals surface area contributed by atoms with Crippen LogP contribution < -0.4 is 5.56 Å². The van der Waals surface area contributed by atoms with E-state index in [-0.39, 0.29) is 5.56 Å². The topological polar surface area (TPSA) is 22.0 Å². The molecule has 1 aromatic heterocycles. The van der Waals surface area contributed by atoms with Crippen molar-refractivity contribution in [1.82, 2.24) is 3.96 Å². The van der Waals surface area contributed by atoms with Gasteiger partial charge < -0.3 is 0 Å². The highest BCUT2D eigenvalue weighted by atomic mass is 79.9. The molecule has 0 aliphatic heterocycles. The summed E-state index contributed by atoms with van der Waals surface area (Å²) >= 11 is 4.95. The molecule has 0 unspecified atom stereocenters. The van der Waals surface area contributed by atoms with Crippen LogP contribution in [0.1, 0.15) is 5.56 Å². The molecule has 0 aliphatic rings. The Morgan fingerprint density at radius 3 is 2.67 bits per heavy atom. The van der Waals surface area contributed by atoms with Gasteiger partial charge in [-0.3, -0.25) is 4.79 Å². The summed E-state index contributed by atoms with van der Waals surface area (Å²) in [4.78, 5) is 12.3. The fraction of sp³-hybridized carbons (Fsp3) is 0.0714. The van der Waals surface area contributed by atoms with E-state index in [1.165, 1.54) is 11.5 Å². The van der Waals surface area contributed by atoms with E-state index in [1.54, 1.807) is 3.96 Å². The van der Waals surface area contributed by atoms with Crippen LogP contribution in [0.4, 0.5) is 0 Å². The molecule has 18 heavy (non-hydrogen) atoms. The highest BCUT2D eigenvalue weighted by molar-refractivity contribution is 9.10. The lowest BCUT2D eigenvalue weighted by atomic mass is 10.2. The molecule has 0 fully saturated rings. The Morgan fingerprint density at radius 1 is 1.17 bits per heavy atom. The average Bonchev–Trinajstić information content (AvgIpc) is 2.71. The smallest absolute Gasteiger partial charge is 0.267 e. The Labute approximate surface area is 117 Å². The molecule has 0 spiro atoms. The maximum absolute atomic E-state index is 12.3. The van der Waals surface area contributed by atoms with Crippen LogP contribution in [0.15, 0.2) is 51.7 Å². The first kappa shape index (κ1) is 11.7. The Hall–Kier alpha value is -1.39. The zero-order valence-corrected chi connectivity index (χ0v) is 12.1. The van der Waals surface area contributed by atoms with Gasteiger partial charge in [-0.15, -0.1) is 0 Å². The van der Waals surface area contributed by atoms with Crippen molar-refractivity contribution >= 4 is 37.5 Å². The number of aromatic nitrogens is 1. The Balaban J connectivity index is 2.28. The molecule has 0 aliphatic carbocycles. The maximum atomic E-state index is 12.3. The van der Waals surface area contributed by atoms with E-state index in [0.29, 0.717) is 0 Å². The molecule has 1 heterocycles. The van der Waals surface area contributed by atoms with E-state index in [2.05, 4.69) is 15.9 Å². The summed E-state index contributed by atoms with van der Waals surface area (Å²) in [5, 5.41) is 0.781. The van der Waals surface area contributed by atoms with Crippen LogP contribution in [-0.4, -0.2) is 3.96 Å². The van der Waals surface area contributed by atoms with Gasteiger partial charge in [0.05, 0.1) is 15.8 Å². The van der Waals surface area contributed by atoms with Gasteiger partial charge >= 0.3 is 0 Å². The Morgan fingerprint density at radius 2 is 1.94 bits per heavy atom. The fourth-order valence-electron chi connectivity index (χ4n) is 1.90.